The van der Waals surface area contributed by atoms with Gasteiger partial charge in [-0.2, -0.15) is 0 Å². The molecule has 2 atom stereocenters. The summed E-state index contributed by atoms with van der Waals surface area (Å²) in [6.07, 6.45) is 2.91. The van der Waals surface area contributed by atoms with Crippen LogP contribution in [0.3, 0.4) is 0 Å². The van der Waals surface area contributed by atoms with Gasteiger partial charge in [0.15, 0.2) is 6.61 Å². The first-order chi connectivity index (χ1) is 16.8. The summed E-state index contributed by atoms with van der Waals surface area (Å²) in [6.45, 7) is 7.12. The molecule has 0 radical (unpaired) electrons. The van der Waals surface area contributed by atoms with Crippen LogP contribution in [0, 0.1) is 12.8 Å². The SMILES string of the molecule is CC[C@H](C)[C@@H](C(=O)OCC(=O)Nc1ccc(N2CCCC2)cc1C)N1C(=O)c2ccccc2C1=O. The standard InChI is InChI=1S/C27H31N3O5/c1-4-17(2)24(30-25(32)20-9-5-6-10-21(20)26(30)33)27(34)35-16-23(31)28-22-12-11-19(15-18(22)3)29-13-7-8-14-29/h5-6,9-12,15,17,24H,4,7-8,13-14,16H2,1-3H3,(H,28,31)/t17-,24-/m0/s1. The number of rotatable bonds is 8. The van der Waals surface area contributed by atoms with E-state index in [9.17, 15) is 19.2 Å². The van der Waals surface area contributed by atoms with Crippen molar-refractivity contribution in [3.05, 3.63) is 59.2 Å². The van der Waals surface area contributed by atoms with E-state index < -0.39 is 36.3 Å². The van der Waals surface area contributed by atoms with Crippen molar-refractivity contribution in [1.82, 2.24) is 4.90 Å². The topological polar surface area (TPSA) is 96.0 Å². The van der Waals surface area contributed by atoms with Crippen molar-refractivity contribution in [1.29, 1.82) is 0 Å². The zero-order chi connectivity index (χ0) is 25.1. The molecule has 0 saturated carbocycles. The number of esters is 1. The fraction of sp³-hybridized carbons (Fsp3) is 0.407. The van der Waals surface area contributed by atoms with Gasteiger partial charge in [-0.3, -0.25) is 19.3 Å². The van der Waals surface area contributed by atoms with Gasteiger partial charge >= 0.3 is 5.97 Å². The number of nitrogens with one attached hydrogen (secondary N) is 1. The van der Waals surface area contributed by atoms with Gasteiger partial charge in [-0.15, -0.1) is 0 Å². The van der Waals surface area contributed by atoms with Gasteiger partial charge in [0.25, 0.3) is 17.7 Å². The van der Waals surface area contributed by atoms with Crippen LogP contribution in [-0.4, -0.2) is 54.3 Å². The quantitative estimate of drug-likeness (QED) is 0.459. The smallest absolute Gasteiger partial charge is 0.330 e. The molecule has 3 amide bonds. The highest BCUT2D eigenvalue weighted by molar-refractivity contribution is 6.22. The van der Waals surface area contributed by atoms with Crippen molar-refractivity contribution in [2.45, 2.75) is 46.1 Å². The van der Waals surface area contributed by atoms with Crippen molar-refractivity contribution in [3.8, 4) is 0 Å². The van der Waals surface area contributed by atoms with Gasteiger partial charge in [0.05, 0.1) is 11.1 Å². The van der Waals surface area contributed by atoms with E-state index in [0.717, 1.165) is 29.2 Å². The first-order valence-electron chi connectivity index (χ1n) is 12.1. The molecule has 0 bridgehead atoms. The Labute approximate surface area is 205 Å². The van der Waals surface area contributed by atoms with Crippen LogP contribution in [0.4, 0.5) is 11.4 Å². The van der Waals surface area contributed by atoms with Gasteiger partial charge in [0, 0.05) is 24.5 Å². The number of fused-ring (bicyclic) bond motifs is 1. The monoisotopic (exact) mass is 477 g/mol. The first kappa shape index (κ1) is 24.4. The average molecular weight is 478 g/mol. The predicted molar refractivity (Wildman–Crippen MR) is 132 cm³/mol. The molecule has 0 aliphatic carbocycles. The molecule has 8 heteroatoms. The summed E-state index contributed by atoms with van der Waals surface area (Å²) in [4.78, 5) is 54.7. The van der Waals surface area contributed by atoms with Gasteiger partial charge in [-0.1, -0.05) is 32.4 Å². The molecule has 4 rings (SSSR count). The number of benzene rings is 2. The van der Waals surface area contributed by atoms with Crippen molar-refractivity contribution < 1.29 is 23.9 Å². The zero-order valence-electron chi connectivity index (χ0n) is 20.4. The highest BCUT2D eigenvalue weighted by atomic mass is 16.5. The molecule has 0 unspecified atom stereocenters. The van der Waals surface area contributed by atoms with E-state index >= 15 is 0 Å². The fourth-order valence-electron chi connectivity index (χ4n) is 4.64. The number of carbonyl (C=O) groups is 4. The van der Waals surface area contributed by atoms with Crippen molar-refractivity contribution in [2.24, 2.45) is 5.92 Å². The Balaban J connectivity index is 1.41. The average Bonchev–Trinajstić information content (AvgIpc) is 3.48. The second-order valence-electron chi connectivity index (χ2n) is 9.21. The highest BCUT2D eigenvalue weighted by Crippen LogP contribution is 2.29. The Bertz CT molecular complexity index is 1120. The molecule has 2 aliphatic rings. The van der Waals surface area contributed by atoms with E-state index in [4.69, 9.17) is 4.74 Å². The van der Waals surface area contributed by atoms with E-state index in [1.807, 2.05) is 32.0 Å². The molecule has 1 saturated heterocycles. The van der Waals surface area contributed by atoms with Crippen LogP contribution in [-0.2, 0) is 14.3 Å². The molecule has 184 valence electrons. The Morgan fingerprint density at radius 3 is 2.23 bits per heavy atom. The Hall–Kier alpha value is -3.68. The molecule has 2 aromatic carbocycles. The Morgan fingerprint density at radius 1 is 1.03 bits per heavy atom. The molecule has 35 heavy (non-hydrogen) atoms. The lowest BCUT2D eigenvalue weighted by atomic mass is 9.97. The molecule has 0 aromatic heterocycles. The third kappa shape index (κ3) is 4.92. The summed E-state index contributed by atoms with van der Waals surface area (Å²) < 4.78 is 5.31. The van der Waals surface area contributed by atoms with Gasteiger partial charge < -0.3 is 15.0 Å². The lowest BCUT2D eigenvalue weighted by Crippen LogP contribution is -2.49. The third-order valence-electron chi connectivity index (χ3n) is 6.83. The predicted octanol–water partition coefficient (Wildman–Crippen LogP) is 3.79. The zero-order valence-corrected chi connectivity index (χ0v) is 20.4. The van der Waals surface area contributed by atoms with Crippen LogP contribution in [0.2, 0.25) is 0 Å². The van der Waals surface area contributed by atoms with E-state index in [1.54, 1.807) is 31.2 Å². The van der Waals surface area contributed by atoms with Gasteiger partial charge in [0.2, 0.25) is 0 Å². The van der Waals surface area contributed by atoms with Crippen molar-refractivity contribution in [3.63, 3.8) is 0 Å². The lowest BCUT2D eigenvalue weighted by Gasteiger charge is -2.28. The number of hydrogen-bond acceptors (Lipinski definition) is 6. The number of aryl methyl sites for hydroxylation is 1. The second kappa shape index (κ2) is 10.3. The molecule has 2 heterocycles. The molecule has 8 nitrogen and oxygen atoms in total. The molecular formula is C27H31N3O5. The number of ether oxygens (including phenoxy) is 1. The number of anilines is 2. The highest BCUT2D eigenvalue weighted by Gasteiger charge is 2.45. The van der Waals surface area contributed by atoms with Crippen LogP contribution in [0.25, 0.3) is 0 Å². The minimum absolute atomic E-state index is 0.268. The number of carbonyl (C=O) groups excluding carboxylic acids is 4. The third-order valence-corrected chi connectivity index (χ3v) is 6.83. The van der Waals surface area contributed by atoms with Crippen LogP contribution in [0.1, 0.15) is 59.4 Å². The van der Waals surface area contributed by atoms with Crippen LogP contribution >= 0.6 is 0 Å². The van der Waals surface area contributed by atoms with Crippen LogP contribution in [0.15, 0.2) is 42.5 Å². The van der Waals surface area contributed by atoms with E-state index in [1.165, 1.54) is 12.8 Å². The summed E-state index contributed by atoms with van der Waals surface area (Å²) in [5.74, 6) is -2.64. The molecule has 1 N–H and O–H groups in total. The summed E-state index contributed by atoms with van der Waals surface area (Å²) in [7, 11) is 0. The summed E-state index contributed by atoms with van der Waals surface area (Å²) >= 11 is 0. The molecule has 2 aromatic rings. The molecule has 1 fully saturated rings. The minimum atomic E-state index is -1.11. The van der Waals surface area contributed by atoms with Gasteiger partial charge in [-0.05, 0) is 61.6 Å². The second-order valence-corrected chi connectivity index (χ2v) is 9.21. The maximum atomic E-state index is 13.0. The Morgan fingerprint density at radius 2 is 1.66 bits per heavy atom. The van der Waals surface area contributed by atoms with E-state index in [0.29, 0.717) is 12.1 Å². The number of nitrogens with zero attached hydrogens (tertiary/aromatic N) is 2. The van der Waals surface area contributed by atoms with E-state index in [2.05, 4.69) is 10.2 Å². The first-order valence-corrected chi connectivity index (χ1v) is 12.1. The van der Waals surface area contributed by atoms with Gasteiger partial charge in [0.1, 0.15) is 6.04 Å². The largest absolute Gasteiger partial charge is 0.454 e. The van der Waals surface area contributed by atoms with Crippen molar-refractivity contribution in [2.75, 3.05) is 29.9 Å². The van der Waals surface area contributed by atoms with Crippen LogP contribution < -0.4 is 10.2 Å². The Kier molecular flexibility index (Phi) is 7.19. The lowest BCUT2D eigenvalue weighted by molar-refractivity contribution is -0.152. The molecular weight excluding hydrogens is 446 g/mol. The minimum Gasteiger partial charge on any atom is -0.454 e. The summed E-state index contributed by atoms with van der Waals surface area (Å²) in [5.41, 5.74) is 3.22. The summed E-state index contributed by atoms with van der Waals surface area (Å²) in [5, 5.41) is 2.78. The van der Waals surface area contributed by atoms with Crippen molar-refractivity contribution >= 4 is 35.1 Å². The number of imide groups is 1. The fourth-order valence-corrected chi connectivity index (χ4v) is 4.64. The normalized spacial score (nSPS) is 16.8. The van der Waals surface area contributed by atoms with Gasteiger partial charge in [-0.25, -0.2) is 4.79 Å². The maximum Gasteiger partial charge on any atom is 0.330 e. The van der Waals surface area contributed by atoms with Crippen LogP contribution in [0.5, 0.6) is 0 Å². The number of hydrogen-bond donors (Lipinski definition) is 1. The molecule has 0 spiro atoms. The summed E-state index contributed by atoms with van der Waals surface area (Å²) in [6, 6.07) is 11.2. The van der Waals surface area contributed by atoms with E-state index in [-0.39, 0.29) is 17.0 Å². The molecule has 2 aliphatic heterocycles. The maximum absolute atomic E-state index is 13.0. The number of amides is 3.